The number of hydrogen-bond donors (Lipinski definition) is 0. The number of hydrogen-bond acceptors (Lipinski definition) is 2. The normalized spacial score (nSPS) is 11.9. The Bertz CT molecular complexity index is 420. The largest absolute Gasteiger partial charge is 0.294 e. The molecule has 0 bridgehead atoms. The lowest BCUT2D eigenvalue weighted by atomic mass is 9.96. The monoisotopic (exact) mass is 205 g/mol. The summed E-state index contributed by atoms with van der Waals surface area (Å²) in [5.74, 6) is -0.765. The van der Waals surface area contributed by atoms with Gasteiger partial charge in [0.15, 0.2) is 5.78 Å². The van der Waals surface area contributed by atoms with Crippen molar-refractivity contribution in [3.05, 3.63) is 35.1 Å². The molecule has 0 amide bonds. The molecule has 0 aliphatic rings. The molecule has 0 radical (unpaired) electrons. The zero-order chi connectivity index (χ0) is 11.4. The molecule has 0 aliphatic carbocycles. The Morgan fingerprint density at radius 2 is 2.27 bits per heavy atom. The van der Waals surface area contributed by atoms with Gasteiger partial charge in [0, 0.05) is 17.9 Å². The predicted molar refractivity (Wildman–Crippen MR) is 54.9 cm³/mol. The van der Waals surface area contributed by atoms with Gasteiger partial charge in [-0.15, -0.1) is 0 Å². The van der Waals surface area contributed by atoms with Crippen LogP contribution in [0.3, 0.4) is 0 Å². The smallest absolute Gasteiger partial charge is 0.166 e. The number of halogens is 1. The summed E-state index contributed by atoms with van der Waals surface area (Å²) in [4.78, 5) is 11.7. The maximum absolute atomic E-state index is 12.9. The van der Waals surface area contributed by atoms with Gasteiger partial charge in [0.1, 0.15) is 5.82 Å². The van der Waals surface area contributed by atoms with E-state index >= 15 is 0 Å². The average molecular weight is 205 g/mol. The number of benzene rings is 1. The van der Waals surface area contributed by atoms with E-state index in [9.17, 15) is 9.18 Å². The van der Waals surface area contributed by atoms with Crippen LogP contribution in [0, 0.1) is 30.0 Å². The fourth-order valence-corrected chi connectivity index (χ4v) is 1.31. The zero-order valence-electron chi connectivity index (χ0n) is 8.75. The van der Waals surface area contributed by atoms with Crippen LogP contribution in [0.15, 0.2) is 18.2 Å². The second-order valence-corrected chi connectivity index (χ2v) is 3.59. The summed E-state index contributed by atoms with van der Waals surface area (Å²) in [6.07, 6.45) is 0.190. The van der Waals surface area contributed by atoms with Crippen molar-refractivity contribution < 1.29 is 9.18 Å². The molecule has 0 saturated heterocycles. The summed E-state index contributed by atoms with van der Waals surface area (Å²) in [5, 5.41) is 8.47. The van der Waals surface area contributed by atoms with Crippen molar-refractivity contribution in [3.8, 4) is 6.07 Å². The van der Waals surface area contributed by atoms with Gasteiger partial charge in [-0.05, 0) is 30.7 Å². The van der Waals surface area contributed by atoms with Crippen LogP contribution in [0.1, 0.15) is 29.3 Å². The van der Waals surface area contributed by atoms with Crippen molar-refractivity contribution in [1.29, 1.82) is 5.26 Å². The number of ketones is 1. The predicted octanol–water partition coefficient (Wildman–Crippen LogP) is 2.87. The van der Waals surface area contributed by atoms with Crippen molar-refractivity contribution in [1.82, 2.24) is 0 Å². The number of carbonyl (C=O) groups excluding carboxylic acids is 1. The van der Waals surface area contributed by atoms with Crippen LogP contribution in [0.5, 0.6) is 0 Å². The zero-order valence-corrected chi connectivity index (χ0v) is 8.75. The number of nitrogens with zero attached hydrogens (tertiary/aromatic N) is 1. The third-order valence-electron chi connectivity index (χ3n) is 2.29. The third-order valence-corrected chi connectivity index (χ3v) is 2.29. The molecular weight excluding hydrogens is 193 g/mol. The molecule has 1 rings (SSSR count). The van der Waals surface area contributed by atoms with Crippen molar-refractivity contribution in [3.63, 3.8) is 0 Å². The lowest BCUT2D eigenvalue weighted by molar-refractivity contribution is 0.0931. The first kappa shape index (κ1) is 11.4. The Morgan fingerprint density at radius 1 is 1.60 bits per heavy atom. The molecule has 1 atom stereocenters. The number of nitriles is 1. The van der Waals surface area contributed by atoms with Gasteiger partial charge in [-0.1, -0.05) is 6.92 Å². The van der Waals surface area contributed by atoms with Gasteiger partial charge in [0.2, 0.25) is 0 Å². The molecule has 15 heavy (non-hydrogen) atoms. The van der Waals surface area contributed by atoms with E-state index in [0.29, 0.717) is 11.1 Å². The fourth-order valence-electron chi connectivity index (χ4n) is 1.31. The maximum Gasteiger partial charge on any atom is 0.166 e. The number of aryl methyl sites for hydroxylation is 1. The molecule has 0 fully saturated rings. The SMILES string of the molecule is Cc1cc(C(=O)C(C)CC#N)ccc1F. The summed E-state index contributed by atoms with van der Waals surface area (Å²) in [6.45, 7) is 3.31. The molecule has 0 spiro atoms. The van der Waals surface area contributed by atoms with Gasteiger partial charge in [0.05, 0.1) is 6.07 Å². The molecule has 3 heteroatoms. The first-order chi connectivity index (χ1) is 7.06. The minimum atomic E-state index is -0.333. The lowest BCUT2D eigenvalue weighted by Gasteiger charge is -2.07. The molecule has 0 heterocycles. The molecule has 1 unspecified atom stereocenters. The number of carbonyl (C=O) groups is 1. The van der Waals surface area contributed by atoms with Crippen LogP contribution in [0.25, 0.3) is 0 Å². The Hall–Kier alpha value is -1.69. The first-order valence-electron chi connectivity index (χ1n) is 4.73. The van der Waals surface area contributed by atoms with Gasteiger partial charge in [-0.3, -0.25) is 4.79 Å². The summed E-state index contributed by atoms with van der Waals surface area (Å²) in [5.41, 5.74) is 0.918. The van der Waals surface area contributed by atoms with Crippen LogP contribution in [-0.2, 0) is 0 Å². The van der Waals surface area contributed by atoms with Gasteiger partial charge >= 0.3 is 0 Å². The Labute approximate surface area is 88.3 Å². The second-order valence-electron chi connectivity index (χ2n) is 3.59. The summed E-state index contributed by atoms with van der Waals surface area (Å²) in [6, 6.07) is 6.20. The minimum Gasteiger partial charge on any atom is -0.294 e. The van der Waals surface area contributed by atoms with Crippen molar-refractivity contribution in [2.75, 3.05) is 0 Å². The average Bonchev–Trinajstić information content (AvgIpc) is 2.21. The van der Waals surface area contributed by atoms with Crippen molar-refractivity contribution >= 4 is 5.78 Å². The van der Waals surface area contributed by atoms with Gasteiger partial charge in [-0.25, -0.2) is 4.39 Å². The van der Waals surface area contributed by atoms with Crippen LogP contribution in [0.4, 0.5) is 4.39 Å². The summed E-state index contributed by atoms with van der Waals surface area (Å²) in [7, 11) is 0. The highest BCUT2D eigenvalue weighted by atomic mass is 19.1. The van der Waals surface area contributed by atoms with E-state index in [1.807, 2.05) is 6.07 Å². The molecule has 0 saturated carbocycles. The summed E-state index contributed by atoms with van der Waals surface area (Å²) >= 11 is 0. The molecule has 1 aromatic carbocycles. The Kier molecular flexibility index (Phi) is 3.56. The van der Waals surface area contributed by atoms with E-state index in [2.05, 4.69) is 0 Å². The van der Waals surface area contributed by atoms with Crippen molar-refractivity contribution in [2.24, 2.45) is 5.92 Å². The third kappa shape index (κ3) is 2.63. The molecule has 0 aromatic heterocycles. The van der Waals surface area contributed by atoms with E-state index in [0.717, 1.165) is 0 Å². The first-order valence-corrected chi connectivity index (χ1v) is 4.73. The molecule has 1 aromatic rings. The van der Waals surface area contributed by atoms with E-state index in [4.69, 9.17) is 5.26 Å². The van der Waals surface area contributed by atoms with Gasteiger partial charge in [-0.2, -0.15) is 5.26 Å². The lowest BCUT2D eigenvalue weighted by Crippen LogP contribution is -2.11. The highest BCUT2D eigenvalue weighted by Crippen LogP contribution is 2.15. The Morgan fingerprint density at radius 3 is 2.80 bits per heavy atom. The van der Waals surface area contributed by atoms with Crippen LogP contribution in [-0.4, -0.2) is 5.78 Å². The van der Waals surface area contributed by atoms with E-state index < -0.39 is 0 Å². The molecule has 2 nitrogen and oxygen atoms in total. The molecule has 0 aliphatic heterocycles. The second kappa shape index (κ2) is 4.70. The number of Topliss-reactive ketones (excluding diaryl/α,β-unsaturated/α-hetero) is 1. The topological polar surface area (TPSA) is 40.9 Å². The maximum atomic E-state index is 12.9. The molecule has 78 valence electrons. The molecule has 0 N–H and O–H groups in total. The molecular formula is C12H12FNO. The van der Waals surface area contributed by atoms with E-state index in [1.165, 1.54) is 18.2 Å². The van der Waals surface area contributed by atoms with Gasteiger partial charge < -0.3 is 0 Å². The van der Waals surface area contributed by atoms with Crippen LogP contribution < -0.4 is 0 Å². The van der Waals surface area contributed by atoms with Crippen molar-refractivity contribution in [2.45, 2.75) is 20.3 Å². The van der Waals surface area contributed by atoms with Crippen LogP contribution >= 0.6 is 0 Å². The standard InChI is InChI=1S/C12H12FNO/c1-8(5-6-14)12(15)10-3-4-11(13)9(2)7-10/h3-4,7-8H,5H2,1-2H3. The Balaban J connectivity index is 2.93. The highest BCUT2D eigenvalue weighted by Gasteiger charge is 2.15. The van der Waals surface area contributed by atoms with Crippen LogP contribution in [0.2, 0.25) is 0 Å². The fraction of sp³-hybridized carbons (Fsp3) is 0.333. The minimum absolute atomic E-state index is 0.111. The quantitative estimate of drug-likeness (QED) is 0.712. The highest BCUT2D eigenvalue weighted by molar-refractivity contribution is 5.97. The van der Waals surface area contributed by atoms with E-state index in [-0.39, 0.29) is 23.9 Å². The van der Waals surface area contributed by atoms with E-state index in [1.54, 1.807) is 13.8 Å². The van der Waals surface area contributed by atoms with Gasteiger partial charge in [0.25, 0.3) is 0 Å². The number of rotatable bonds is 3. The summed E-state index contributed by atoms with van der Waals surface area (Å²) < 4.78 is 12.9.